The van der Waals surface area contributed by atoms with Gasteiger partial charge in [0.05, 0.1) is 19.2 Å². The lowest BCUT2D eigenvalue weighted by Crippen LogP contribution is -2.66. The quantitative estimate of drug-likeness (QED) is 0.624. The van der Waals surface area contributed by atoms with Gasteiger partial charge >= 0.3 is 0 Å². The molecule has 2 aromatic rings. The fourth-order valence-electron chi connectivity index (χ4n) is 3.33. The summed E-state index contributed by atoms with van der Waals surface area (Å²) in [5.74, 6) is 2.44. The summed E-state index contributed by atoms with van der Waals surface area (Å²) in [4.78, 5) is 14.8. The van der Waals surface area contributed by atoms with Crippen LogP contribution in [-0.2, 0) is 4.79 Å². The normalized spacial score (nSPS) is 18.6. The number of benzene rings is 2. The minimum absolute atomic E-state index is 0.0393. The zero-order chi connectivity index (χ0) is 20.7. The molecule has 1 fully saturated rings. The van der Waals surface area contributed by atoms with Crippen molar-refractivity contribution < 1.29 is 19.0 Å². The molecule has 1 atom stereocenters. The smallest absolute Gasteiger partial charge is 0.240 e. The molecular formula is C23H30N2O4. The zero-order valence-electron chi connectivity index (χ0n) is 17.4. The molecule has 0 aromatic heterocycles. The molecule has 1 aliphatic rings. The first-order chi connectivity index (χ1) is 14.0. The maximum absolute atomic E-state index is 12.7. The standard InChI is InChI=1S/C23H30N2O4/c1-18-4-6-20(7-5-18)29-17-15-25-14-12-23(25,2)22(26)24-13-16-28-21-10-8-19(27-3)9-11-21/h4-11H,12-17H2,1-3H3,(H,24,26). The molecule has 1 aliphatic heterocycles. The zero-order valence-corrected chi connectivity index (χ0v) is 17.4. The second kappa shape index (κ2) is 9.65. The average Bonchev–Trinajstić information content (AvgIpc) is 2.74. The number of nitrogens with one attached hydrogen (secondary N) is 1. The average molecular weight is 399 g/mol. The summed E-state index contributed by atoms with van der Waals surface area (Å²) in [6.07, 6.45) is 0.850. The minimum Gasteiger partial charge on any atom is -0.497 e. The van der Waals surface area contributed by atoms with Gasteiger partial charge < -0.3 is 19.5 Å². The third kappa shape index (κ3) is 5.41. The monoisotopic (exact) mass is 398 g/mol. The number of hydrogen-bond acceptors (Lipinski definition) is 5. The van der Waals surface area contributed by atoms with Gasteiger partial charge in [0.15, 0.2) is 0 Å². The fraction of sp³-hybridized carbons (Fsp3) is 0.435. The van der Waals surface area contributed by atoms with Crippen LogP contribution in [0.2, 0.25) is 0 Å². The molecule has 156 valence electrons. The topological polar surface area (TPSA) is 60.0 Å². The number of likely N-dealkylation sites (tertiary alicyclic amines) is 1. The van der Waals surface area contributed by atoms with Crippen molar-refractivity contribution in [3.63, 3.8) is 0 Å². The molecule has 0 saturated carbocycles. The van der Waals surface area contributed by atoms with Crippen LogP contribution in [-0.4, -0.2) is 56.3 Å². The Balaban J connectivity index is 1.37. The summed E-state index contributed by atoms with van der Waals surface area (Å²) < 4.78 is 16.6. The fourth-order valence-corrected chi connectivity index (χ4v) is 3.33. The van der Waals surface area contributed by atoms with E-state index in [1.165, 1.54) is 5.56 Å². The van der Waals surface area contributed by atoms with Gasteiger partial charge in [-0.3, -0.25) is 9.69 Å². The number of carbonyl (C=O) groups excluding carboxylic acids is 1. The molecule has 1 saturated heterocycles. The third-order valence-electron chi connectivity index (χ3n) is 5.42. The lowest BCUT2D eigenvalue weighted by atomic mass is 9.85. The first kappa shape index (κ1) is 21.0. The summed E-state index contributed by atoms with van der Waals surface area (Å²) in [6, 6.07) is 15.4. The molecule has 1 N–H and O–H groups in total. The number of carbonyl (C=O) groups is 1. The molecule has 2 aromatic carbocycles. The lowest BCUT2D eigenvalue weighted by molar-refractivity contribution is -0.141. The Kier molecular flexibility index (Phi) is 6.99. The first-order valence-corrected chi connectivity index (χ1v) is 10.0. The van der Waals surface area contributed by atoms with E-state index in [4.69, 9.17) is 14.2 Å². The van der Waals surface area contributed by atoms with E-state index in [1.54, 1.807) is 7.11 Å². The van der Waals surface area contributed by atoms with Crippen LogP contribution in [0, 0.1) is 6.92 Å². The van der Waals surface area contributed by atoms with Crippen molar-refractivity contribution in [2.24, 2.45) is 0 Å². The predicted octanol–water partition coefficient (Wildman–Crippen LogP) is 3.04. The Morgan fingerprint density at radius 3 is 2.17 bits per heavy atom. The lowest BCUT2D eigenvalue weighted by Gasteiger charge is -2.49. The van der Waals surface area contributed by atoms with Crippen molar-refractivity contribution in [1.29, 1.82) is 0 Å². The van der Waals surface area contributed by atoms with Gasteiger partial charge in [-0.15, -0.1) is 0 Å². The number of rotatable bonds is 10. The molecule has 29 heavy (non-hydrogen) atoms. The van der Waals surface area contributed by atoms with E-state index < -0.39 is 5.54 Å². The molecule has 1 unspecified atom stereocenters. The van der Waals surface area contributed by atoms with E-state index in [0.717, 1.165) is 36.8 Å². The molecule has 0 bridgehead atoms. The number of aryl methyl sites for hydroxylation is 1. The third-order valence-corrected chi connectivity index (χ3v) is 5.42. The summed E-state index contributed by atoms with van der Waals surface area (Å²) in [6.45, 7) is 7.12. The molecule has 0 spiro atoms. The molecule has 6 nitrogen and oxygen atoms in total. The van der Waals surface area contributed by atoms with E-state index in [1.807, 2.05) is 55.5 Å². The van der Waals surface area contributed by atoms with E-state index in [9.17, 15) is 4.79 Å². The van der Waals surface area contributed by atoms with Gasteiger partial charge in [-0.05, 0) is 56.7 Å². The summed E-state index contributed by atoms with van der Waals surface area (Å²) >= 11 is 0. The Labute approximate surface area is 172 Å². The largest absolute Gasteiger partial charge is 0.497 e. The number of ether oxygens (including phenoxy) is 3. The van der Waals surface area contributed by atoms with Crippen molar-refractivity contribution in [2.45, 2.75) is 25.8 Å². The summed E-state index contributed by atoms with van der Waals surface area (Å²) in [7, 11) is 1.63. The van der Waals surface area contributed by atoms with Gasteiger partial charge in [0.2, 0.25) is 5.91 Å². The maximum atomic E-state index is 12.7. The van der Waals surface area contributed by atoms with Crippen LogP contribution in [0.15, 0.2) is 48.5 Å². The van der Waals surface area contributed by atoms with Crippen molar-refractivity contribution in [2.75, 3.05) is 40.0 Å². The summed E-state index contributed by atoms with van der Waals surface area (Å²) in [5.41, 5.74) is 0.733. The minimum atomic E-state index is -0.475. The Morgan fingerprint density at radius 2 is 1.59 bits per heavy atom. The SMILES string of the molecule is COc1ccc(OCCNC(=O)C2(C)CCN2CCOc2ccc(C)cc2)cc1. The molecular weight excluding hydrogens is 368 g/mol. The molecule has 1 heterocycles. The van der Waals surface area contributed by atoms with E-state index >= 15 is 0 Å². The Morgan fingerprint density at radius 1 is 1.00 bits per heavy atom. The van der Waals surface area contributed by atoms with Crippen LogP contribution >= 0.6 is 0 Å². The predicted molar refractivity (Wildman–Crippen MR) is 113 cm³/mol. The molecule has 3 rings (SSSR count). The van der Waals surface area contributed by atoms with E-state index in [0.29, 0.717) is 19.8 Å². The van der Waals surface area contributed by atoms with Crippen molar-refractivity contribution >= 4 is 5.91 Å². The van der Waals surface area contributed by atoms with Gasteiger partial charge in [-0.2, -0.15) is 0 Å². The van der Waals surface area contributed by atoms with Crippen LogP contribution in [0.3, 0.4) is 0 Å². The number of hydrogen-bond donors (Lipinski definition) is 1. The highest BCUT2D eigenvalue weighted by molar-refractivity contribution is 5.86. The van der Waals surface area contributed by atoms with Crippen molar-refractivity contribution in [3.05, 3.63) is 54.1 Å². The van der Waals surface area contributed by atoms with Gasteiger partial charge in [0.25, 0.3) is 0 Å². The van der Waals surface area contributed by atoms with Gasteiger partial charge in [0, 0.05) is 13.1 Å². The summed E-state index contributed by atoms with van der Waals surface area (Å²) in [5, 5.41) is 2.99. The van der Waals surface area contributed by atoms with E-state index in [2.05, 4.69) is 17.1 Å². The highest BCUT2D eigenvalue weighted by Crippen LogP contribution is 2.30. The van der Waals surface area contributed by atoms with Crippen LogP contribution < -0.4 is 19.5 Å². The van der Waals surface area contributed by atoms with Crippen LogP contribution in [0.5, 0.6) is 17.2 Å². The van der Waals surface area contributed by atoms with Crippen molar-refractivity contribution in [1.82, 2.24) is 10.2 Å². The van der Waals surface area contributed by atoms with Crippen LogP contribution in [0.1, 0.15) is 18.9 Å². The van der Waals surface area contributed by atoms with Crippen LogP contribution in [0.4, 0.5) is 0 Å². The van der Waals surface area contributed by atoms with Gasteiger partial charge in [0.1, 0.15) is 30.5 Å². The van der Waals surface area contributed by atoms with Gasteiger partial charge in [-0.1, -0.05) is 17.7 Å². The molecule has 0 aliphatic carbocycles. The second-order valence-corrected chi connectivity index (χ2v) is 7.45. The number of nitrogens with zero attached hydrogens (tertiary/aromatic N) is 1. The highest BCUT2D eigenvalue weighted by Gasteiger charge is 2.46. The Bertz CT molecular complexity index is 792. The number of amides is 1. The van der Waals surface area contributed by atoms with Gasteiger partial charge in [-0.25, -0.2) is 0 Å². The molecule has 6 heteroatoms. The molecule has 1 amide bonds. The molecule has 0 radical (unpaired) electrons. The van der Waals surface area contributed by atoms with Crippen LogP contribution in [0.25, 0.3) is 0 Å². The maximum Gasteiger partial charge on any atom is 0.240 e. The van der Waals surface area contributed by atoms with Crippen molar-refractivity contribution in [3.8, 4) is 17.2 Å². The van der Waals surface area contributed by atoms with E-state index in [-0.39, 0.29) is 5.91 Å². The Hall–Kier alpha value is -2.73. The first-order valence-electron chi connectivity index (χ1n) is 10.0. The second-order valence-electron chi connectivity index (χ2n) is 7.45. The number of methoxy groups -OCH3 is 1. The highest BCUT2D eigenvalue weighted by atomic mass is 16.5.